The average molecular weight is 353 g/mol. The van der Waals surface area contributed by atoms with E-state index in [1.54, 1.807) is 12.1 Å². The first-order valence-electron chi connectivity index (χ1n) is 7.23. The maximum absolute atomic E-state index is 12.8. The summed E-state index contributed by atoms with van der Waals surface area (Å²) in [6.07, 6.45) is 2.01. The number of rotatable bonds is 3. The number of halogens is 1. The predicted molar refractivity (Wildman–Crippen MR) is 85.3 cm³/mol. The van der Waals surface area contributed by atoms with Crippen LogP contribution in [0.25, 0.3) is 0 Å². The zero-order chi connectivity index (χ0) is 15.8. The third kappa shape index (κ3) is 2.66. The number of carbonyl (C=O) groups excluding carboxylic acids is 1. The van der Waals surface area contributed by atoms with Crippen LogP contribution in [0.5, 0.6) is 0 Å². The van der Waals surface area contributed by atoms with E-state index in [9.17, 15) is 14.7 Å². The first-order valence-corrected chi connectivity index (χ1v) is 8.02. The van der Waals surface area contributed by atoms with Crippen molar-refractivity contribution in [1.29, 1.82) is 0 Å². The Morgan fingerprint density at radius 2 is 1.81 bits per heavy atom. The molecule has 4 heteroatoms. The Morgan fingerprint density at radius 1 is 1.24 bits per heavy atom. The quantitative estimate of drug-likeness (QED) is 0.811. The van der Waals surface area contributed by atoms with Crippen LogP contribution in [0.3, 0.4) is 0 Å². The van der Waals surface area contributed by atoms with E-state index in [0.29, 0.717) is 18.4 Å². The molecule has 0 unspecified atom stereocenters. The van der Waals surface area contributed by atoms with Crippen molar-refractivity contribution >= 4 is 27.7 Å². The van der Waals surface area contributed by atoms with E-state index in [1.165, 1.54) is 0 Å². The molecule has 0 bridgehead atoms. The van der Waals surface area contributed by atoms with Gasteiger partial charge in [0, 0.05) is 16.0 Å². The molecule has 2 rings (SSSR count). The third-order valence-electron chi connectivity index (χ3n) is 4.82. The van der Waals surface area contributed by atoms with Crippen LogP contribution in [-0.4, -0.2) is 16.9 Å². The molecule has 1 fully saturated rings. The number of carboxylic acids is 1. The van der Waals surface area contributed by atoms with Gasteiger partial charge in [-0.15, -0.1) is 0 Å². The molecule has 21 heavy (non-hydrogen) atoms. The molecular weight excluding hydrogens is 332 g/mol. The molecule has 0 amide bonds. The zero-order valence-corrected chi connectivity index (χ0v) is 14.2. The van der Waals surface area contributed by atoms with E-state index in [1.807, 2.05) is 32.9 Å². The second-order valence-corrected chi connectivity index (χ2v) is 7.76. The van der Waals surface area contributed by atoms with Gasteiger partial charge in [-0.05, 0) is 30.4 Å². The SMILES string of the molecule is CC(C)(C)[C@@]1(C(=O)O)CCC[C@H]1C(=O)c1ccc(Br)cc1. The van der Waals surface area contributed by atoms with Gasteiger partial charge in [-0.1, -0.05) is 55.3 Å². The first kappa shape index (κ1) is 16.2. The van der Waals surface area contributed by atoms with Crippen molar-refractivity contribution in [3.8, 4) is 0 Å². The van der Waals surface area contributed by atoms with Gasteiger partial charge in [0.05, 0.1) is 5.41 Å². The lowest BCUT2D eigenvalue weighted by atomic mass is 9.59. The van der Waals surface area contributed by atoms with Crippen molar-refractivity contribution in [2.24, 2.45) is 16.7 Å². The van der Waals surface area contributed by atoms with Gasteiger partial charge in [0.15, 0.2) is 5.78 Å². The molecule has 0 aromatic heterocycles. The molecule has 0 radical (unpaired) electrons. The van der Waals surface area contributed by atoms with Crippen molar-refractivity contribution in [3.63, 3.8) is 0 Å². The number of Topliss-reactive ketones (excluding diaryl/α,β-unsaturated/α-hetero) is 1. The fourth-order valence-electron chi connectivity index (χ4n) is 3.65. The van der Waals surface area contributed by atoms with Crippen LogP contribution >= 0.6 is 15.9 Å². The number of benzene rings is 1. The highest BCUT2D eigenvalue weighted by atomic mass is 79.9. The second kappa shape index (κ2) is 5.56. The summed E-state index contributed by atoms with van der Waals surface area (Å²) in [6.45, 7) is 5.77. The Labute approximate surface area is 133 Å². The van der Waals surface area contributed by atoms with Crippen LogP contribution in [-0.2, 0) is 4.79 Å². The predicted octanol–water partition coefficient (Wildman–Crippen LogP) is 4.55. The molecule has 1 aromatic rings. The lowest BCUT2D eigenvalue weighted by molar-refractivity contribution is -0.158. The van der Waals surface area contributed by atoms with Crippen LogP contribution in [0.4, 0.5) is 0 Å². The van der Waals surface area contributed by atoms with Gasteiger partial charge in [0.1, 0.15) is 0 Å². The lowest BCUT2D eigenvalue weighted by Crippen LogP contribution is -2.48. The maximum atomic E-state index is 12.8. The van der Waals surface area contributed by atoms with Crippen LogP contribution < -0.4 is 0 Å². The lowest BCUT2D eigenvalue weighted by Gasteiger charge is -2.42. The Hall–Kier alpha value is -1.16. The summed E-state index contributed by atoms with van der Waals surface area (Å²) in [5.74, 6) is -1.34. The average Bonchev–Trinajstić information content (AvgIpc) is 2.84. The minimum absolute atomic E-state index is 0.0441. The molecule has 1 aliphatic carbocycles. The van der Waals surface area contributed by atoms with E-state index in [-0.39, 0.29) is 5.78 Å². The highest BCUT2D eigenvalue weighted by Gasteiger charge is 2.58. The second-order valence-electron chi connectivity index (χ2n) is 6.84. The van der Waals surface area contributed by atoms with Gasteiger partial charge in [0.2, 0.25) is 0 Å². The van der Waals surface area contributed by atoms with E-state index >= 15 is 0 Å². The largest absolute Gasteiger partial charge is 0.481 e. The van der Waals surface area contributed by atoms with Gasteiger partial charge >= 0.3 is 5.97 Å². The van der Waals surface area contributed by atoms with Crippen molar-refractivity contribution in [1.82, 2.24) is 0 Å². The Morgan fingerprint density at radius 3 is 2.29 bits per heavy atom. The molecule has 0 heterocycles. The molecule has 1 aliphatic rings. The van der Waals surface area contributed by atoms with Crippen LogP contribution in [0.1, 0.15) is 50.4 Å². The van der Waals surface area contributed by atoms with Crippen molar-refractivity contribution < 1.29 is 14.7 Å². The fraction of sp³-hybridized carbons (Fsp3) is 0.529. The molecule has 0 aliphatic heterocycles. The van der Waals surface area contributed by atoms with Crippen molar-refractivity contribution in [2.75, 3.05) is 0 Å². The zero-order valence-electron chi connectivity index (χ0n) is 12.6. The summed E-state index contributed by atoms with van der Waals surface area (Å²) in [6, 6.07) is 7.17. The minimum Gasteiger partial charge on any atom is -0.481 e. The van der Waals surface area contributed by atoms with Gasteiger partial charge in [-0.25, -0.2) is 0 Å². The summed E-state index contributed by atoms with van der Waals surface area (Å²) in [7, 11) is 0. The topological polar surface area (TPSA) is 54.4 Å². The molecule has 1 saturated carbocycles. The number of carbonyl (C=O) groups is 2. The Balaban J connectivity index is 2.44. The van der Waals surface area contributed by atoms with Crippen molar-refractivity contribution in [3.05, 3.63) is 34.3 Å². The fourth-order valence-corrected chi connectivity index (χ4v) is 3.91. The highest BCUT2D eigenvalue weighted by molar-refractivity contribution is 9.10. The summed E-state index contributed by atoms with van der Waals surface area (Å²) in [5.41, 5.74) is -0.831. The number of ketones is 1. The smallest absolute Gasteiger partial charge is 0.310 e. The summed E-state index contributed by atoms with van der Waals surface area (Å²) >= 11 is 3.35. The van der Waals surface area contributed by atoms with E-state index < -0.39 is 22.7 Å². The monoisotopic (exact) mass is 352 g/mol. The van der Waals surface area contributed by atoms with Crippen molar-refractivity contribution in [2.45, 2.75) is 40.0 Å². The van der Waals surface area contributed by atoms with Crippen LogP contribution in [0.15, 0.2) is 28.7 Å². The molecule has 3 nitrogen and oxygen atoms in total. The van der Waals surface area contributed by atoms with E-state index in [0.717, 1.165) is 10.9 Å². The number of aliphatic carboxylic acids is 1. The molecule has 0 saturated heterocycles. The molecule has 1 aromatic carbocycles. The third-order valence-corrected chi connectivity index (χ3v) is 5.35. The summed E-state index contributed by atoms with van der Waals surface area (Å²) in [5, 5.41) is 9.85. The van der Waals surface area contributed by atoms with Crippen LogP contribution in [0.2, 0.25) is 0 Å². The van der Waals surface area contributed by atoms with Gasteiger partial charge in [0.25, 0.3) is 0 Å². The number of carboxylic acid groups (broad SMARTS) is 1. The highest BCUT2D eigenvalue weighted by Crippen LogP contribution is 2.55. The van der Waals surface area contributed by atoms with Crippen LogP contribution in [0, 0.1) is 16.7 Å². The standard InChI is InChI=1S/C17H21BrO3/c1-16(2,3)17(15(20)21)10-4-5-13(17)14(19)11-6-8-12(18)9-7-11/h6-9,13H,4-5,10H2,1-3H3,(H,20,21)/t13-,17-/m0/s1. The Bertz CT molecular complexity index is 556. The first-order chi connectivity index (χ1) is 9.70. The molecule has 1 N–H and O–H groups in total. The van der Waals surface area contributed by atoms with Gasteiger partial charge < -0.3 is 5.11 Å². The van der Waals surface area contributed by atoms with Gasteiger partial charge in [-0.3, -0.25) is 9.59 Å². The molecule has 0 spiro atoms. The number of hydrogen-bond donors (Lipinski definition) is 1. The minimum atomic E-state index is -0.975. The maximum Gasteiger partial charge on any atom is 0.310 e. The molecule has 2 atom stereocenters. The van der Waals surface area contributed by atoms with E-state index in [4.69, 9.17) is 0 Å². The number of hydrogen-bond acceptors (Lipinski definition) is 2. The van der Waals surface area contributed by atoms with Gasteiger partial charge in [-0.2, -0.15) is 0 Å². The molecular formula is C17H21BrO3. The van der Waals surface area contributed by atoms with E-state index in [2.05, 4.69) is 15.9 Å². The Kier molecular flexibility index (Phi) is 4.29. The molecule has 114 valence electrons. The summed E-state index contributed by atoms with van der Waals surface area (Å²) < 4.78 is 0.908. The summed E-state index contributed by atoms with van der Waals surface area (Å²) in [4.78, 5) is 24.9. The normalized spacial score (nSPS) is 25.8.